The normalized spacial score (nSPS) is 11.2. The van der Waals surface area contributed by atoms with E-state index in [9.17, 15) is 9.59 Å². The number of ether oxygens (including phenoxy) is 1. The fourth-order valence-corrected chi connectivity index (χ4v) is 4.68. The molecule has 0 radical (unpaired) electrons. The first-order valence-electron chi connectivity index (χ1n) is 9.90. The molecule has 0 aliphatic heterocycles. The van der Waals surface area contributed by atoms with Crippen molar-refractivity contribution in [1.82, 2.24) is 0 Å². The molecule has 3 aromatic carbocycles. The molecule has 4 nitrogen and oxygen atoms in total. The second kappa shape index (κ2) is 9.65. The van der Waals surface area contributed by atoms with Crippen molar-refractivity contribution in [3.63, 3.8) is 0 Å². The van der Waals surface area contributed by atoms with E-state index in [1.165, 1.54) is 12.1 Å². The highest BCUT2D eigenvalue weighted by Gasteiger charge is 2.24. The molecule has 154 valence electrons. The van der Waals surface area contributed by atoms with Crippen molar-refractivity contribution >= 4 is 25.3 Å². The zero-order valence-corrected chi connectivity index (χ0v) is 18.6. The van der Waals surface area contributed by atoms with Crippen molar-refractivity contribution in [3.05, 3.63) is 101 Å². The highest BCUT2D eigenvalue weighted by molar-refractivity contribution is 6.84. The molecule has 0 spiro atoms. The molecule has 0 N–H and O–H groups in total. The summed E-state index contributed by atoms with van der Waals surface area (Å²) in [6, 6.07) is 24.7. The van der Waals surface area contributed by atoms with E-state index in [0.29, 0.717) is 17.7 Å². The van der Waals surface area contributed by atoms with Crippen LogP contribution in [0.5, 0.6) is 0 Å². The van der Waals surface area contributed by atoms with Crippen molar-refractivity contribution in [1.29, 1.82) is 0 Å². The smallest absolute Gasteiger partial charge is 0.338 e. The second-order valence-electron chi connectivity index (χ2n) is 7.69. The summed E-state index contributed by atoms with van der Waals surface area (Å²) in [7, 11) is -1.97. The monoisotopic (exact) mass is 418 g/mol. The molecule has 30 heavy (non-hydrogen) atoms. The minimum absolute atomic E-state index is 0.0115. The van der Waals surface area contributed by atoms with E-state index in [0.717, 1.165) is 11.1 Å². The number of benzene rings is 3. The summed E-state index contributed by atoms with van der Waals surface area (Å²) in [6.07, 6.45) is 0. The molecular weight excluding hydrogens is 392 g/mol. The molecule has 0 unspecified atom stereocenters. The van der Waals surface area contributed by atoms with E-state index in [1.54, 1.807) is 36.4 Å². The zero-order valence-electron chi connectivity index (χ0n) is 17.6. The van der Waals surface area contributed by atoms with Crippen molar-refractivity contribution < 1.29 is 18.8 Å². The van der Waals surface area contributed by atoms with Crippen LogP contribution in [0.2, 0.25) is 13.1 Å². The number of Topliss-reactive ketones (excluding diaryl/α,β-unsaturated/α-hetero) is 1. The molecule has 0 saturated heterocycles. The number of esters is 1. The topological polar surface area (TPSA) is 52.6 Å². The molecular formula is C25H26O4Si. The van der Waals surface area contributed by atoms with Crippen LogP contribution in [0, 0.1) is 0 Å². The van der Waals surface area contributed by atoms with Gasteiger partial charge >= 0.3 is 5.97 Å². The number of carbonyl (C=O) groups is 2. The number of ketones is 1. The minimum Gasteiger partial charge on any atom is -0.457 e. The van der Waals surface area contributed by atoms with Gasteiger partial charge in [-0.25, -0.2) is 4.79 Å². The van der Waals surface area contributed by atoms with Crippen LogP contribution < -0.4 is 5.19 Å². The second-order valence-corrected chi connectivity index (χ2v) is 11.6. The van der Waals surface area contributed by atoms with E-state index in [1.807, 2.05) is 30.3 Å². The van der Waals surface area contributed by atoms with Gasteiger partial charge in [-0.15, -0.1) is 0 Å². The van der Waals surface area contributed by atoms with E-state index >= 15 is 0 Å². The van der Waals surface area contributed by atoms with Crippen LogP contribution >= 0.6 is 0 Å². The lowest BCUT2D eigenvalue weighted by Gasteiger charge is -2.23. The summed E-state index contributed by atoms with van der Waals surface area (Å²) < 4.78 is 11.6. The van der Waals surface area contributed by atoms with Gasteiger partial charge in [-0.1, -0.05) is 66.7 Å². The minimum atomic E-state index is -1.97. The highest BCUT2D eigenvalue weighted by Crippen LogP contribution is 2.13. The summed E-state index contributed by atoms with van der Waals surface area (Å²) in [5.41, 5.74) is 2.99. The first-order chi connectivity index (χ1) is 14.3. The summed E-state index contributed by atoms with van der Waals surface area (Å²) >= 11 is 0. The molecule has 0 bridgehead atoms. The van der Waals surface area contributed by atoms with Gasteiger partial charge in [-0.05, 0) is 48.5 Å². The quantitative estimate of drug-likeness (QED) is 0.297. The largest absolute Gasteiger partial charge is 0.457 e. The Morgan fingerprint density at radius 3 is 1.83 bits per heavy atom. The Bertz CT molecular complexity index is 994. The van der Waals surface area contributed by atoms with Crippen LogP contribution in [-0.2, 0) is 22.4 Å². The highest BCUT2D eigenvalue weighted by atomic mass is 28.4. The summed E-state index contributed by atoms with van der Waals surface area (Å²) in [6.45, 7) is 6.55. The molecule has 5 heteroatoms. The van der Waals surface area contributed by atoms with Gasteiger partial charge in [0.1, 0.15) is 6.61 Å². The van der Waals surface area contributed by atoms with Crippen molar-refractivity contribution in [3.8, 4) is 0 Å². The van der Waals surface area contributed by atoms with E-state index < -0.39 is 8.32 Å². The SMILES string of the molecule is CC(=O)c1ccc(COC(=O)c2ccc(CO[Si](C)(C)c3ccccc3)cc2)cc1. The molecule has 0 saturated carbocycles. The van der Waals surface area contributed by atoms with Gasteiger partial charge in [-0.2, -0.15) is 0 Å². The van der Waals surface area contributed by atoms with Crippen LogP contribution in [-0.4, -0.2) is 20.1 Å². The summed E-state index contributed by atoms with van der Waals surface area (Å²) in [5, 5.41) is 1.25. The van der Waals surface area contributed by atoms with Gasteiger partial charge in [0, 0.05) is 5.56 Å². The Kier molecular flexibility index (Phi) is 6.97. The molecule has 0 fully saturated rings. The third-order valence-corrected chi connectivity index (χ3v) is 7.58. The molecule has 0 aromatic heterocycles. The zero-order chi connectivity index (χ0) is 21.6. The van der Waals surface area contributed by atoms with Gasteiger partial charge < -0.3 is 9.16 Å². The predicted molar refractivity (Wildman–Crippen MR) is 120 cm³/mol. The van der Waals surface area contributed by atoms with Gasteiger partial charge in [0.2, 0.25) is 8.32 Å². The van der Waals surface area contributed by atoms with Gasteiger partial charge in [0.15, 0.2) is 5.78 Å². The van der Waals surface area contributed by atoms with Crippen LogP contribution in [0.1, 0.15) is 38.8 Å². The Labute approximate surface area is 178 Å². The third kappa shape index (κ3) is 5.75. The van der Waals surface area contributed by atoms with Crippen LogP contribution in [0.25, 0.3) is 0 Å². The Hall–Kier alpha value is -3.02. The number of hydrogen-bond donors (Lipinski definition) is 0. The molecule has 3 rings (SSSR count). The Balaban J connectivity index is 1.53. The number of rotatable bonds is 8. The van der Waals surface area contributed by atoms with Crippen molar-refractivity contribution in [2.45, 2.75) is 33.2 Å². The maximum atomic E-state index is 12.3. The van der Waals surface area contributed by atoms with Crippen LogP contribution in [0.15, 0.2) is 78.9 Å². The fourth-order valence-electron chi connectivity index (χ4n) is 2.99. The Morgan fingerprint density at radius 2 is 1.27 bits per heavy atom. The third-order valence-electron chi connectivity index (χ3n) is 4.99. The molecule has 0 aliphatic carbocycles. The van der Waals surface area contributed by atoms with E-state index in [4.69, 9.17) is 9.16 Å². The van der Waals surface area contributed by atoms with Crippen molar-refractivity contribution in [2.75, 3.05) is 0 Å². The molecule has 0 amide bonds. The van der Waals surface area contributed by atoms with E-state index in [-0.39, 0.29) is 18.4 Å². The molecule has 0 atom stereocenters. The first kappa shape index (κ1) is 21.7. The maximum absolute atomic E-state index is 12.3. The summed E-state index contributed by atoms with van der Waals surface area (Å²) in [5.74, 6) is -0.366. The Morgan fingerprint density at radius 1 is 0.733 bits per heavy atom. The maximum Gasteiger partial charge on any atom is 0.338 e. The van der Waals surface area contributed by atoms with Gasteiger partial charge in [-0.3, -0.25) is 4.79 Å². The standard InChI is InChI=1S/C25H26O4Si/c1-19(26)22-13-9-20(10-14-22)17-28-25(27)23-15-11-21(12-16-23)18-29-30(2,3)24-7-5-4-6-8-24/h4-16H,17-18H2,1-3H3. The lowest BCUT2D eigenvalue weighted by Crippen LogP contribution is -2.44. The van der Waals surface area contributed by atoms with E-state index in [2.05, 4.69) is 25.2 Å². The molecule has 0 heterocycles. The first-order valence-corrected chi connectivity index (χ1v) is 12.8. The average molecular weight is 419 g/mol. The van der Waals surface area contributed by atoms with Gasteiger partial charge in [0.25, 0.3) is 0 Å². The fraction of sp³-hybridized carbons (Fsp3) is 0.200. The predicted octanol–water partition coefficient (Wildman–Crippen LogP) is 4.88. The lowest BCUT2D eigenvalue weighted by molar-refractivity contribution is 0.0472. The van der Waals surface area contributed by atoms with Gasteiger partial charge in [0.05, 0.1) is 12.2 Å². The van der Waals surface area contributed by atoms with Crippen LogP contribution in [0.4, 0.5) is 0 Å². The number of hydrogen-bond acceptors (Lipinski definition) is 4. The van der Waals surface area contributed by atoms with Crippen LogP contribution in [0.3, 0.4) is 0 Å². The van der Waals surface area contributed by atoms with Crippen molar-refractivity contribution in [2.24, 2.45) is 0 Å². The average Bonchev–Trinajstić information content (AvgIpc) is 2.77. The molecule has 3 aromatic rings. The number of carbonyl (C=O) groups excluding carboxylic acids is 2. The molecule has 0 aliphatic rings. The summed E-state index contributed by atoms with van der Waals surface area (Å²) in [4.78, 5) is 23.6. The lowest BCUT2D eigenvalue weighted by atomic mass is 10.1.